The summed E-state index contributed by atoms with van der Waals surface area (Å²) in [5.41, 5.74) is 2.20. The third kappa shape index (κ3) is 5.38. The van der Waals surface area contributed by atoms with Crippen LogP contribution in [0.25, 0.3) is 0 Å². The molecule has 7 nitrogen and oxygen atoms in total. The molecule has 0 fully saturated rings. The van der Waals surface area contributed by atoms with Crippen molar-refractivity contribution in [3.05, 3.63) is 46.8 Å². The molecule has 1 N–H and O–H groups in total. The highest BCUT2D eigenvalue weighted by atomic mass is 127. The van der Waals surface area contributed by atoms with Crippen LogP contribution in [-0.2, 0) is 31.3 Å². The second-order valence-corrected chi connectivity index (χ2v) is 6.37. The molecule has 3 rings (SSSR count). The molecule has 9 heteroatoms. The Labute approximate surface area is 176 Å². The minimum atomic E-state index is -0.203. The van der Waals surface area contributed by atoms with Gasteiger partial charge in [0.15, 0.2) is 11.8 Å². The van der Waals surface area contributed by atoms with Crippen molar-refractivity contribution in [2.75, 3.05) is 26.8 Å². The fourth-order valence-corrected chi connectivity index (χ4v) is 2.97. The summed E-state index contributed by atoms with van der Waals surface area (Å²) >= 11 is 0. The molecule has 0 radical (unpaired) electrons. The standard InChI is InChI=1S/C18H25FN6O.HI/c1-13-22-23-17(24(13)2)11-21-18(20-7-9-26-3)25-8-6-14-4-5-16(19)10-15(14)12-25;/h4-5,10H,6-9,11-12H2,1-3H3,(H,20,21);1H. The number of aliphatic imine (C=N–C) groups is 1. The zero-order valence-corrected chi connectivity index (χ0v) is 18.2. The number of hydrogen-bond acceptors (Lipinski definition) is 4. The summed E-state index contributed by atoms with van der Waals surface area (Å²) in [7, 11) is 3.60. The molecule has 0 saturated carbocycles. The highest BCUT2D eigenvalue weighted by Crippen LogP contribution is 2.20. The number of hydrogen-bond donors (Lipinski definition) is 1. The molecule has 1 aliphatic heterocycles. The van der Waals surface area contributed by atoms with Crippen molar-refractivity contribution in [3.8, 4) is 0 Å². The first-order valence-electron chi connectivity index (χ1n) is 8.73. The van der Waals surface area contributed by atoms with Crippen molar-refractivity contribution in [2.24, 2.45) is 12.0 Å². The Kier molecular flexibility index (Phi) is 7.96. The van der Waals surface area contributed by atoms with E-state index in [1.807, 2.05) is 24.6 Å². The summed E-state index contributed by atoms with van der Waals surface area (Å²) in [5, 5.41) is 11.6. The maximum absolute atomic E-state index is 13.6. The summed E-state index contributed by atoms with van der Waals surface area (Å²) in [6.07, 6.45) is 0.865. The zero-order valence-electron chi connectivity index (χ0n) is 15.9. The van der Waals surface area contributed by atoms with E-state index in [0.717, 1.165) is 36.1 Å². The predicted octanol–water partition coefficient (Wildman–Crippen LogP) is 2.03. The second-order valence-electron chi connectivity index (χ2n) is 6.37. The number of ether oxygens (including phenoxy) is 1. The van der Waals surface area contributed by atoms with Crippen molar-refractivity contribution in [1.29, 1.82) is 0 Å². The number of fused-ring (bicyclic) bond motifs is 1. The number of nitrogens with zero attached hydrogens (tertiary/aromatic N) is 5. The molecular weight excluding hydrogens is 462 g/mol. The van der Waals surface area contributed by atoms with Crippen LogP contribution in [0.15, 0.2) is 23.2 Å². The molecule has 0 aliphatic carbocycles. The monoisotopic (exact) mass is 488 g/mol. The van der Waals surface area contributed by atoms with E-state index in [-0.39, 0.29) is 29.8 Å². The van der Waals surface area contributed by atoms with Crippen LogP contribution in [0.3, 0.4) is 0 Å². The van der Waals surface area contributed by atoms with Gasteiger partial charge in [-0.05, 0) is 36.6 Å². The van der Waals surface area contributed by atoms with Crippen molar-refractivity contribution >= 4 is 29.9 Å². The van der Waals surface area contributed by atoms with Gasteiger partial charge in [-0.15, -0.1) is 34.2 Å². The number of nitrogens with one attached hydrogen (secondary N) is 1. The van der Waals surface area contributed by atoms with Gasteiger partial charge >= 0.3 is 0 Å². The van der Waals surface area contributed by atoms with Gasteiger partial charge in [-0.2, -0.15) is 0 Å². The summed E-state index contributed by atoms with van der Waals surface area (Å²) in [6, 6.07) is 5.01. The van der Waals surface area contributed by atoms with Crippen LogP contribution in [0.5, 0.6) is 0 Å². The molecule has 2 aromatic rings. The Morgan fingerprint density at radius 3 is 2.85 bits per heavy atom. The topological polar surface area (TPSA) is 67.6 Å². The van der Waals surface area contributed by atoms with E-state index >= 15 is 0 Å². The lowest BCUT2D eigenvalue weighted by molar-refractivity contribution is 0.202. The molecule has 0 unspecified atom stereocenters. The lowest BCUT2D eigenvalue weighted by atomic mass is 10.00. The summed E-state index contributed by atoms with van der Waals surface area (Å²) in [4.78, 5) is 6.86. The lowest BCUT2D eigenvalue weighted by Crippen LogP contribution is -2.45. The molecule has 1 aromatic carbocycles. The van der Waals surface area contributed by atoms with E-state index in [1.165, 1.54) is 11.6 Å². The predicted molar refractivity (Wildman–Crippen MR) is 113 cm³/mol. The fraction of sp³-hybridized carbons (Fsp3) is 0.500. The Hall–Kier alpha value is -1.75. The van der Waals surface area contributed by atoms with Crippen LogP contribution in [0.1, 0.15) is 22.8 Å². The summed E-state index contributed by atoms with van der Waals surface area (Å²) < 4.78 is 20.6. The number of halogens is 2. The van der Waals surface area contributed by atoms with Crippen LogP contribution < -0.4 is 5.32 Å². The average Bonchev–Trinajstić information content (AvgIpc) is 2.96. The van der Waals surface area contributed by atoms with Gasteiger partial charge in [-0.3, -0.25) is 0 Å². The highest BCUT2D eigenvalue weighted by molar-refractivity contribution is 14.0. The Balaban J connectivity index is 0.00000261. The SMILES string of the molecule is COCCNC(=NCc1nnc(C)n1C)N1CCc2ccc(F)cc2C1.I. The highest BCUT2D eigenvalue weighted by Gasteiger charge is 2.20. The molecule has 0 atom stereocenters. The van der Waals surface area contributed by atoms with E-state index in [1.54, 1.807) is 13.2 Å². The maximum atomic E-state index is 13.6. The van der Waals surface area contributed by atoms with Gasteiger partial charge in [-0.25, -0.2) is 9.38 Å². The van der Waals surface area contributed by atoms with Crippen molar-refractivity contribution in [1.82, 2.24) is 25.0 Å². The van der Waals surface area contributed by atoms with Crippen LogP contribution in [0, 0.1) is 12.7 Å². The van der Waals surface area contributed by atoms with E-state index in [9.17, 15) is 4.39 Å². The number of guanidine groups is 1. The third-order valence-corrected chi connectivity index (χ3v) is 4.62. The van der Waals surface area contributed by atoms with Crippen LogP contribution in [0.2, 0.25) is 0 Å². The number of rotatable bonds is 5. The first kappa shape index (κ1) is 21.5. The zero-order chi connectivity index (χ0) is 18.5. The molecule has 1 aliphatic rings. The number of aryl methyl sites for hydroxylation is 1. The Bertz CT molecular complexity index is 794. The largest absolute Gasteiger partial charge is 0.383 e. The van der Waals surface area contributed by atoms with Gasteiger partial charge in [0.25, 0.3) is 0 Å². The van der Waals surface area contributed by atoms with Crippen molar-refractivity contribution < 1.29 is 9.13 Å². The van der Waals surface area contributed by atoms with Gasteiger partial charge in [0.1, 0.15) is 18.2 Å². The normalized spacial score (nSPS) is 13.9. The first-order valence-corrected chi connectivity index (χ1v) is 8.73. The molecule has 0 bridgehead atoms. The smallest absolute Gasteiger partial charge is 0.194 e. The lowest BCUT2D eigenvalue weighted by Gasteiger charge is -2.32. The Morgan fingerprint density at radius 2 is 2.15 bits per heavy atom. The van der Waals surface area contributed by atoms with E-state index < -0.39 is 0 Å². The van der Waals surface area contributed by atoms with Crippen molar-refractivity contribution in [2.45, 2.75) is 26.4 Å². The average molecular weight is 488 g/mol. The van der Waals surface area contributed by atoms with Gasteiger partial charge < -0.3 is 19.5 Å². The van der Waals surface area contributed by atoms with Crippen molar-refractivity contribution in [3.63, 3.8) is 0 Å². The van der Waals surface area contributed by atoms with Crippen LogP contribution in [-0.4, -0.2) is 52.4 Å². The maximum Gasteiger partial charge on any atom is 0.194 e. The number of aromatic nitrogens is 3. The molecule has 0 spiro atoms. The summed E-state index contributed by atoms with van der Waals surface area (Å²) in [5.74, 6) is 2.23. The van der Waals surface area contributed by atoms with Gasteiger partial charge in [0, 0.05) is 33.8 Å². The quantitative estimate of drug-likeness (QED) is 0.302. The first-order chi connectivity index (χ1) is 12.6. The molecule has 1 aromatic heterocycles. The molecule has 0 saturated heterocycles. The van der Waals surface area contributed by atoms with E-state index in [0.29, 0.717) is 26.2 Å². The second kappa shape index (κ2) is 9.98. The van der Waals surface area contributed by atoms with Crippen LogP contribution >= 0.6 is 24.0 Å². The molecule has 2 heterocycles. The minimum Gasteiger partial charge on any atom is -0.383 e. The van der Waals surface area contributed by atoms with E-state index in [2.05, 4.69) is 20.4 Å². The molecule has 0 amide bonds. The van der Waals surface area contributed by atoms with Gasteiger partial charge in [0.2, 0.25) is 0 Å². The molecule has 148 valence electrons. The fourth-order valence-electron chi connectivity index (χ4n) is 2.97. The molecule has 27 heavy (non-hydrogen) atoms. The number of benzene rings is 1. The van der Waals surface area contributed by atoms with Crippen LogP contribution in [0.4, 0.5) is 4.39 Å². The van der Waals surface area contributed by atoms with Gasteiger partial charge in [-0.1, -0.05) is 6.07 Å². The minimum absolute atomic E-state index is 0. The van der Waals surface area contributed by atoms with E-state index in [4.69, 9.17) is 9.73 Å². The van der Waals surface area contributed by atoms with Gasteiger partial charge in [0.05, 0.1) is 6.61 Å². The molecular formula is C18H26FIN6O. The number of methoxy groups -OCH3 is 1. The summed E-state index contributed by atoms with van der Waals surface area (Å²) in [6.45, 7) is 5.03. The Morgan fingerprint density at radius 1 is 1.33 bits per heavy atom. The third-order valence-electron chi connectivity index (χ3n) is 4.62.